The number of nitrogens with zero attached hydrogens (tertiary/aromatic N) is 2. The van der Waals surface area contributed by atoms with Gasteiger partial charge >= 0.3 is 0 Å². The number of rotatable bonds is 4. The van der Waals surface area contributed by atoms with Gasteiger partial charge in [-0.25, -0.2) is 0 Å². The Balaban J connectivity index is 2.02. The Morgan fingerprint density at radius 1 is 1.55 bits per heavy atom. The first-order valence-corrected chi connectivity index (χ1v) is 4.20. The normalized spacial score (nSPS) is 20.7. The van der Waals surface area contributed by atoms with Crippen molar-refractivity contribution in [3.05, 3.63) is 0 Å². The van der Waals surface area contributed by atoms with Crippen molar-refractivity contribution in [3.8, 4) is 0 Å². The monoisotopic (exact) mass is 158 g/mol. The first-order valence-electron chi connectivity index (χ1n) is 4.20. The molecule has 3 nitrogen and oxygen atoms in total. The van der Waals surface area contributed by atoms with Crippen LogP contribution in [0.25, 0.3) is 0 Å². The molecule has 0 radical (unpaired) electrons. The van der Waals surface area contributed by atoms with Gasteiger partial charge in [0.05, 0.1) is 6.61 Å². The van der Waals surface area contributed by atoms with Crippen LogP contribution in [0.1, 0.15) is 0 Å². The fourth-order valence-electron chi connectivity index (χ4n) is 1.65. The highest BCUT2D eigenvalue weighted by Gasteiger charge is 2.23. The third kappa shape index (κ3) is 2.77. The summed E-state index contributed by atoms with van der Waals surface area (Å²) in [7, 11) is 4.21. The molecule has 1 fully saturated rings. The maximum atomic E-state index is 8.64. The van der Waals surface area contributed by atoms with Gasteiger partial charge in [0, 0.05) is 26.2 Å². The number of hydrogen-bond donors (Lipinski definition) is 1. The quantitative estimate of drug-likeness (QED) is 0.596. The summed E-state index contributed by atoms with van der Waals surface area (Å²) in [6.07, 6.45) is 0. The Morgan fingerprint density at radius 3 is 2.64 bits per heavy atom. The van der Waals surface area contributed by atoms with E-state index < -0.39 is 0 Å². The van der Waals surface area contributed by atoms with Gasteiger partial charge in [0.25, 0.3) is 0 Å². The molecule has 11 heavy (non-hydrogen) atoms. The van der Waals surface area contributed by atoms with Crippen LogP contribution in [0.15, 0.2) is 0 Å². The van der Waals surface area contributed by atoms with Gasteiger partial charge in [0.2, 0.25) is 0 Å². The molecule has 0 aliphatic carbocycles. The zero-order valence-corrected chi connectivity index (χ0v) is 7.45. The van der Waals surface area contributed by atoms with Crippen molar-refractivity contribution < 1.29 is 5.11 Å². The molecule has 0 aromatic rings. The summed E-state index contributed by atoms with van der Waals surface area (Å²) in [4.78, 5) is 4.51. The highest BCUT2D eigenvalue weighted by Crippen LogP contribution is 2.12. The van der Waals surface area contributed by atoms with Crippen LogP contribution in [0, 0.1) is 5.92 Å². The van der Waals surface area contributed by atoms with E-state index in [-0.39, 0.29) is 6.61 Å². The fourth-order valence-corrected chi connectivity index (χ4v) is 1.65. The molecule has 0 unspecified atom stereocenters. The lowest BCUT2D eigenvalue weighted by Gasteiger charge is -2.38. The molecule has 1 aliphatic heterocycles. The van der Waals surface area contributed by atoms with E-state index in [0.29, 0.717) is 0 Å². The standard InChI is InChI=1S/C8H18N2O/c1-9(3-4-11)5-8-6-10(2)7-8/h8,11H,3-7H2,1-2H3. The predicted octanol–water partition coefficient (Wildman–Crippen LogP) is -0.528. The van der Waals surface area contributed by atoms with Crippen LogP contribution in [-0.2, 0) is 0 Å². The molecule has 1 N–H and O–H groups in total. The van der Waals surface area contributed by atoms with Gasteiger partial charge < -0.3 is 14.9 Å². The lowest BCUT2D eigenvalue weighted by molar-refractivity contribution is 0.0931. The Labute approximate surface area is 68.6 Å². The van der Waals surface area contributed by atoms with Gasteiger partial charge in [-0.2, -0.15) is 0 Å². The molecule has 0 amide bonds. The molecule has 0 aromatic carbocycles. The zero-order chi connectivity index (χ0) is 8.27. The minimum atomic E-state index is 0.277. The van der Waals surface area contributed by atoms with E-state index in [1.807, 2.05) is 0 Å². The highest BCUT2D eigenvalue weighted by atomic mass is 16.3. The minimum Gasteiger partial charge on any atom is -0.395 e. The average Bonchev–Trinajstić information content (AvgIpc) is 1.85. The van der Waals surface area contributed by atoms with E-state index in [9.17, 15) is 0 Å². The van der Waals surface area contributed by atoms with E-state index in [2.05, 4.69) is 23.9 Å². The molecular formula is C8H18N2O. The van der Waals surface area contributed by atoms with Gasteiger partial charge in [0.1, 0.15) is 0 Å². The Morgan fingerprint density at radius 2 is 2.18 bits per heavy atom. The number of hydrogen-bond acceptors (Lipinski definition) is 3. The SMILES string of the molecule is CN(CCO)CC1CN(C)C1. The summed E-state index contributed by atoms with van der Waals surface area (Å²) in [5.41, 5.74) is 0. The summed E-state index contributed by atoms with van der Waals surface area (Å²) in [6, 6.07) is 0. The first-order chi connectivity index (χ1) is 5.22. The maximum absolute atomic E-state index is 8.64. The zero-order valence-electron chi connectivity index (χ0n) is 7.45. The minimum absolute atomic E-state index is 0.277. The van der Waals surface area contributed by atoms with Gasteiger partial charge in [-0.15, -0.1) is 0 Å². The van der Waals surface area contributed by atoms with E-state index in [4.69, 9.17) is 5.11 Å². The lowest BCUT2D eigenvalue weighted by atomic mass is 10.0. The number of aliphatic hydroxyl groups excluding tert-OH is 1. The summed E-state index contributed by atoms with van der Waals surface area (Å²) in [6.45, 7) is 4.65. The van der Waals surface area contributed by atoms with Crippen molar-refractivity contribution in [1.82, 2.24) is 9.80 Å². The molecule has 1 rings (SSSR count). The van der Waals surface area contributed by atoms with Gasteiger partial charge in [0.15, 0.2) is 0 Å². The van der Waals surface area contributed by atoms with Crippen LogP contribution in [0.4, 0.5) is 0 Å². The van der Waals surface area contributed by atoms with Gasteiger partial charge in [-0.05, 0) is 20.0 Å². The van der Waals surface area contributed by atoms with Crippen LogP contribution in [0.2, 0.25) is 0 Å². The third-order valence-electron chi connectivity index (χ3n) is 2.19. The summed E-state index contributed by atoms with van der Waals surface area (Å²) in [5, 5.41) is 8.64. The lowest BCUT2D eigenvalue weighted by Crippen LogP contribution is -2.48. The second kappa shape index (κ2) is 4.04. The van der Waals surface area contributed by atoms with Crippen LogP contribution in [0.3, 0.4) is 0 Å². The largest absolute Gasteiger partial charge is 0.395 e. The molecule has 3 heteroatoms. The van der Waals surface area contributed by atoms with Crippen LogP contribution in [-0.4, -0.2) is 61.8 Å². The highest BCUT2D eigenvalue weighted by molar-refractivity contribution is 4.78. The summed E-state index contributed by atoms with van der Waals surface area (Å²) < 4.78 is 0. The predicted molar refractivity (Wildman–Crippen MR) is 45.6 cm³/mol. The van der Waals surface area contributed by atoms with E-state index in [0.717, 1.165) is 19.0 Å². The molecule has 0 saturated carbocycles. The Hall–Kier alpha value is -0.120. The van der Waals surface area contributed by atoms with E-state index >= 15 is 0 Å². The van der Waals surface area contributed by atoms with Crippen molar-refractivity contribution in [2.45, 2.75) is 0 Å². The number of aliphatic hydroxyl groups is 1. The topological polar surface area (TPSA) is 26.7 Å². The summed E-state index contributed by atoms with van der Waals surface area (Å²) >= 11 is 0. The van der Waals surface area contributed by atoms with Crippen molar-refractivity contribution in [2.75, 3.05) is 46.9 Å². The molecule has 0 spiro atoms. The molecule has 1 aliphatic rings. The molecule has 66 valence electrons. The van der Waals surface area contributed by atoms with Crippen LogP contribution < -0.4 is 0 Å². The van der Waals surface area contributed by atoms with Crippen molar-refractivity contribution in [1.29, 1.82) is 0 Å². The van der Waals surface area contributed by atoms with E-state index in [1.165, 1.54) is 13.1 Å². The fraction of sp³-hybridized carbons (Fsp3) is 1.00. The number of likely N-dealkylation sites (tertiary alicyclic amines) is 1. The van der Waals surface area contributed by atoms with Crippen molar-refractivity contribution >= 4 is 0 Å². The molecule has 1 saturated heterocycles. The second-order valence-corrected chi connectivity index (χ2v) is 3.57. The first kappa shape index (κ1) is 8.97. The Bertz CT molecular complexity index is 110. The van der Waals surface area contributed by atoms with Gasteiger partial charge in [-0.1, -0.05) is 0 Å². The average molecular weight is 158 g/mol. The summed E-state index contributed by atoms with van der Waals surface area (Å²) in [5.74, 6) is 0.830. The molecule has 0 aromatic heterocycles. The molecule has 1 heterocycles. The van der Waals surface area contributed by atoms with Crippen molar-refractivity contribution in [3.63, 3.8) is 0 Å². The second-order valence-electron chi connectivity index (χ2n) is 3.57. The van der Waals surface area contributed by atoms with Crippen molar-refractivity contribution in [2.24, 2.45) is 5.92 Å². The Kier molecular flexibility index (Phi) is 3.30. The molecule has 0 bridgehead atoms. The number of likely N-dealkylation sites (N-methyl/N-ethyl adjacent to an activating group) is 1. The smallest absolute Gasteiger partial charge is 0.0558 e. The van der Waals surface area contributed by atoms with Gasteiger partial charge in [-0.3, -0.25) is 0 Å². The maximum Gasteiger partial charge on any atom is 0.0558 e. The van der Waals surface area contributed by atoms with E-state index in [1.54, 1.807) is 0 Å². The van der Waals surface area contributed by atoms with Crippen LogP contribution in [0.5, 0.6) is 0 Å². The van der Waals surface area contributed by atoms with Crippen LogP contribution >= 0.6 is 0 Å². The molecule has 0 atom stereocenters. The third-order valence-corrected chi connectivity index (χ3v) is 2.19. The molecular weight excluding hydrogens is 140 g/mol.